The molecule has 3 aromatic carbocycles. The Hall–Kier alpha value is -2.79. The van der Waals surface area contributed by atoms with Gasteiger partial charge in [0.2, 0.25) is 0 Å². The summed E-state index contributed by atoms with van der Waals surface area (Å²) in [4.78, 5) is 11.5. The molecule has 200 valence electrons. The van der Waals surface area contributed by atoms with Gasteiger partial charge in [-0.2, -0.15) is 0 Å². The number of benzene rings is 3. The van der Waals surface area contributed by atoms with E-state index in [-0.39, 0.29) is 36.4 Å². The average Bonchev–Trinajstić information content (AvgIpc) is 2.87. The first kappa shape index (κ1) is 28.2. The maximum atomic E-state index is 11.5. The van der Waals surface area contributed by atoms with E-state index in [4.69, 9.17) is 32.7 Å². The maximum absolute atomic E-state index is 11.5. The molecule has 0 bridgehead atoms. The van der Waals surface area contributed by atoms with Crippen LogP contribution in [0.3, 0.4) is 0 Å². The third kappa shape index (κ3) is 6.79. The minimum absolute atomic E-state index is 0.0132. The van der Waals surface area contributed by atoms with Gasteiger partial charge in [0.05, 0.1) is 18.6 Å². The number of carbonyl (C=O) groups is 1. The number of hydrogen-bond acceptors (Lipinski definition) is 3. The lowest BCUT2D eigenvalue weighted by atomic mass is 9.73. The van der Waals surface area contributed by atoms with Crippen molar-refractivity contribution in [3.05, 3.63) is 111 Å². The molecular formula is C32H34Cl2O4. The van der Waals surface area contributed by atoms with Crippen LogP contribution in [0.25, 0.3) is 0 Å². The monoisotopic (exact) mass is 552 g/mol. The molecule has 0 aliphatic carbocycles. The third-order valence-electron chi connectivity index (χ3n) is 7.18. The van der Waals surface area contributed by atoms with E-state index in [0.717, 1.165) is 23.1 Å². The number of ether oxygens (including phenoxy) is 2. The fourth-order valence-electron chi connectivity index (χ4n) is 5.32. The summed E-state index contributed by atoms with van der Waals surface area (Å²) in [6.45, 7) is 11.0. The van der Waals surface area contributed by atoms with Gasteiger partial charge in [-0.05, 0) is 72.4 Å². The van der Waals surface area contributed by atoms with Gasteiger partial charge in [-0.1, -0.05) is 79.5 Å². The van der Waals surface area contributed by atoms with E-state index < -0.39 is 5.97 Å². The molecule has 4 atom stereocenters. The SMILES string of the molecule is C=C(C)[C@H]1C[C@H](c2ccc(Cl)cc2)[C@H](C(C)C)O[C@@H]1c1cc(CC(=O)O)ccc1OCc1cccc(Cl)c1. The Morgan fingerprint density at radius 1 is 1.05 bits per heavy atom. The summed E-state index contributed by atoms with van der Waals surface area (Å²) < 4.78 is 13.2. The van der Waals surface area contributed by atoms with Gasteiger partial charge in [0.25, 0.3) is 0 Å². The zero-order valence-corrected chi connectivity index (χ0v) is 23.5. The highest BCUT2D eigenvalue weighted by Crippen LogP contribution is 2.50. The van der Waals surface area contributed by atoms with E-state index in [2.05, 4.69) is 32.6 Å². The Balaban J connectivity index is 1.72. The molecule has 0 spiro atoms. The Labute approximate surface area is 235 Å². The van der Waals surface area contributed by atoms with E-state index >= 15 is 0 Å². The van der Waals surface area contributed by atoms with Crippen molar-refractivity contribution >= 4 is 29.2 Å². The van der Waals surface area contributed by atoms with Crippen LogP contribution in [0.5, 0.6) is 5.75 Å². The van der Waals surface area contributed by atoms with Crippen LogP contribution in [0.4, 0.5) is 0 Å². The fourth-order valence-corrected chi connectivity index (χ4v) is 5.66. The lowest BCUT2D eigenvalue weighted by molar-refractivity contribution is -0.136. The van der Waals surface area contributed by atoms with E-state index in [0.29, 0.717) is 28.0 Å². The molecule has 0 aromatic heterocycles. The number of carboxylic acids is 1. The van der Waals surface area contributed by atoms with E-state index in [1.165, 1.54) is 5.56 Å². The predicted octanol–water partition coefficient (Wildman–Crippen LogP) is 8.66. The molecule has 0 unspecified atom stereocenters. The number of carboxylic acid groups (broad SMARTS) is 1. The van der Waals surface area contributed by atoms with E-state index in [1.54, 1.807) is 6.07 Å². The maximum Gasteiger partial charge on any atom is 0.307 e. The Kier molecular flexibility index (Phi) is 9.19. The molecule has 1 aliphatic rings. The minimum atomic E-state index is -0.882. The molecule has 4 nitrogen and oxygen atoms in total. The topological polar surface area (TPSA) is 55.8 Å². The van der Waals surface area contributed by atoms with Gasteiger partial charge in [0, 0.05) is 27.4 Å². The number of hydrogen-bond donors (Lipinski definition) is 1. The summed E-state index contributed by atoms with van der Waals surface area (Å²) in [5.41, 5.74) is 4.70. The Morgan fingerprint density at radius 2 is 1.79 bits per heavy atom. The van der Waals surface area contributed by atoms with Crippen molar-refractivity contribution in [1.82, 2.24) is 0 Å². The van der Waals surface area contributed by atoms with Gasteiger partial charge in [0.1, 0.15) is 12.4 Å². The van der Waals surface area contributed by atoms with Crippen molar-refractivity contribution in [2.75, 3.05) is 0 Å². The van der Waals surface area contributed by atoms with E-state index in [1.807, 2.05) is 55.5 Å². The minimum Gasteiger partial charge on any atom is -0.489 e. The van der Waals surface area contributed by atoms with Crippen molar-refractivity contribution in [1.29, 1.82) is 0 Å². The van der Waals surface area contributed by atoms with Crippen molar-refractivity contribution in [3.63, 3.8) is 0 Å². The Morgan fingerprint density at radius 3 is 2.42 bits per heavy atom. The van der Waals surface area contributed by atoms with Crippen LogP contribution in [0.15, 0.2) is 78.9 Å². The normalized spacial score (nSPS) is 21.3. The molecule has 0 radical (unpaired) electrons. The van der Waals surface area contributed by atoms with Gasteiger partial charge in [-0.15, -0.1) is 0 Å². The molecule has 1 saturated heterocycles. The van der Waals surface area contributed by atoms with Crippen LogP contribution in [0, 0.1) is 11.8 Å². The van der Waals surface area contributed by atoms with Crippen molar-refractivity contribution < 1.29 is 19.4 Å². The molecule has 4 rings (SSSR count). The predicted molar refractivity (Wildman–Crippen MR) is 153 cm³/mol. The molecule has 3 aromatic rings. The van der Waals surface area contributed by atoms with Gasteiger partial charge in [0.15, 0.2) is 0 Å². The first-order chi connectivity index (χ1) is 18.1. The zero-order chi connectivity index (χ0) is 27.4. The van der Waals surface area contributed by atoms with Crippen molar-refractivity contribution in [2.45, 2.75) is 58.3 Å². The quantitative estimate of drug-likeness (QED) is 0.270. The molecule has 1 aliphatic heterocycles. The average molecular weight is 554 g/mol. The summed E-state index contributed by atoms with van der Waals surface area (Å²) in [5, 5.41) is 10.8. The standard InChI is InChI=1S/C32H34Cl2O4/c1-19(2)26-17-27(23-9-11-24(33)12-10-23)31(20(3)4)38-32(26)28-15-21(16-30(35)36)8-13-29(28)37-18-22-6-5-7-25(34)14-22/h5-15,20,26-27,31-32H,1,16-18H2,2-4H3,(H,35,36)/t26-,27-,31+,32+/m1/s1. The number of rotatable bonds is 9. The molecule has 1 fully saturated rings. The fraction of sp³-hybridized carbons (Fsp3) is 0.344. The summed E-state index contributed by atoms with van der Waals surface area (Å²) in [6.07, 6.45) is 0.390. The summed E-state index contributed by atoms with van der Waals surface area (Å²) in [5.74, 6) is 0.222. The summed E-state index contributed by atoms with van der Waals surface area (Å²) >= 11 is 12.3. The lowest BCUT2D eigenvalue weighted by Gasteiger charge is -2.44. The molecule has 0 saturated carbocycles. The molecular weight excluding hydrogens is 519 g/mol. The zero-order valence-electron chi connectivity index (χ0n) is 22.0. The molecule has 1 N–H and O–H groups in total. The Bertz CT molecular complexity index is 1280. The van der Waals surface area contributed by atoms with Crippen molar-refractivity contribution in [3.8, 4) is 5.75 Å². The van der Waals surface area contributed by atoms with Gasteiger partial charge in [-0.3, -0.25) is 4.79 Å². The van der Waals surface area contributed by atoms with Crippen LogP contribution in [0.1, 0.15) is 61.5 Å². The molecule has 38 heavy (non-hydrogen) atoms. The highest BCUT2D eigenvalue weighted by molar-refractivity contribution is 6.30. The van der Waals surface area contributed by atoms with Crippen LogP contribution >= 0.6 is 23.2 Å². The molecule has 1 heterocycles. The van der Waals surface area contributed by atoms with E-state index in [9.17, 15) is 9.90 Å². The smallest absolute Gasteiger partial charge is 0.307 e. The highest BCUT2D eigenvalue weighted by Gasteiger charge is 2.42. The highest BCUT2D eigenvalue weighted by atomic mass is 35.5. The third-order valence-corrected chi connectivity index (χ3v) is 7.67. The van der Waals surface area contributed by atoms with Gasteiger partial charge >= 0.3 is 5.97 Å². The van der Waals surface area contributed by atoms with Gasteiger partial charge in [-0.25, -0.2) is 0 Å². The first-order valence-electron chi connectivity index (χ1n) is 12.9. The van der Waals surface area contributed by atoms with Gasteiger partial charge < -0.3 is 14.6 Å². The lowest BCUT2D eigenvalue weighted by Crippen LogP contribution is -2.39. The summed E-state index contributed by atoms with van der Waals surface area (Å²) in [6, 6.07) is 21.1. The second kappa shape index (κ2) is 12.4. The van der Waals surface area contributed by atoms with Crippen LogP contribution in [-0.4, -0.2) is 17.2 Å². The second-order valence-electron chi connectivity index (χ2n) is 10.5. The first-order valence-corrected chi connectivity index (χ1v) is 13.7. The largest absolute Gasteiger partial charge is 0.489 e. The van der Waals surface area contributed by atoms with Crippen LogP contribution in [-0.2, 0) is 22.6 Å². The van der Waals surface area contributed by atoms with Crippen molar-refractivity contribution in [2.24, 2.45) is 11.8 Å². The number of halogens is 2. The number of aliphatic carboxylic acids is 1. The second-order valence-corrected chi connectivity index (χ2v) is 11.3. The molecule has 0 amide bonds. The van der Waals surface area contributed by atoms with Crippen LogP contribution in [0.2, 0.25) is 10.0 Å². The molecule has 6 heteroatoms. The van der Waals surface area contributed by atoms with Crippen LogP contribution < -0.4 is 4.74 Å². The summed E-state index contributed by atoms with van der Waals surface area (Å²) in [7, 11) is 0.